The summed E-state index contributed by atoms with van der Waals surface area (Å²) in [6.07, 6.45) is 0. The number of rotatable bonds is 8. The third-order valence-corrected chi connectivity index (χ3v) is 29.3. The third-order valence-electron chi connectivity index (χ3n) is 28.1. The molecule has 0 saturated carbocycles. The Morgan fingerprint density at radius 2 is 0.591 bits per heavy atom. The molecule has 0 fully saturated rings. The Balaban J connectivity index is 0.000000106. The summed E-state index contributed by atoms with van der Waals surface area (Å²) in [5.74, 6) is 1.97. The van der Waals surface area contributed by atoms with Gasteiger partial charge in [-0.05, 0) is 191 Å². The van der Waals surface area contributed by atoms with Gasteiger partial charge < -0.3 is 4.42 Å². The Morgan fingerprint density at radius 1 is 0.212 bits per heavy atom. The molecule has 0 spiro atoms. The molecule has 0 radical (unpaired) electrons. The predicted molar refractivity (Wildman–Crippen MR) is 575 cm³/mol. The average molecular weight is 1760 g/mol. The number of para-hydroxylation sites is 5. The van der Waals surface area contributed by atoms with Crippen LogP contribution in [-0.4, -0.2) is 34.9 Å². The van der Waals surface area contributed by atoms with Crippen LogP contribution in [-0.2, 0) is 5.41 Å². The number of nitrogens with zero attached hydrogens (tertiary/aromatic N) is 7. The van der Waals surface area contributed by atoms with Crippen LogP contribution in [0.15, 0.2) is 447 Å². The molecule has 638 valence electrons. The minimum absolute atomic E-state index is 0.106. The fourth-order valence-corrected chi connectivity index (χ4v) is 23.1. The summed E-state index contributed by atoms with van der Waals surface area (Å²) < 4.78 is 9.14. The summed E-state index contributed by atoms with van der Waals surface area (Å²) in [6, 6.07) is 157. The van der Waals surface area contributed by atoms with Crippen molar-refractivity contribution >= 4 is 183 Å². The van der Waals surface area contributed by atoms with Crippen LogP contribution in [0.5, 0.6) is 0 Å². The molecule has 28 aromatic rings. The maximum Gasteiger partial charge on any atom is 0.164 e. The van der Waals surface area contributed by atoms with Gasteiger partial charge in [0, 0.05) is 86.1 Å². The second kappa shape index (κ2) is 31.8. The number of fused-ring (bicyclic) bond motifs is 32. The van der Waals surface area contributed by atoms with Crippen molar-refractivity contribution in [1.82, 2.24) is 34.9 Å². The second-order valence-corrected chi connectivity index (χ2v) is 37.3. The predicted octanol–water partition coefficient (Wildman–Crippen LogP) is 34.6. The van der Waals surface area contributed by atoms with Crippen LogP contribution in [0.25, 0.3) is 273 Å². The van der Waals surface area contributed by atoms with Crippen LogP contribution in [0, 0.1) is 0 Å². The molecule has 5 heterocycles. The fourth-order valence-electron chi connectivity index (χ4n) is 21.8. The van der Waals surface area contributed by atoms with Crippen LogP contribution in [0.1, 0.15) is 25.0 Å². The maximum atomic E-state index is 6.44. The van der Waals surface area contributed by atoms with E-state index in [1.807, 2.05) is 151 Å². The number of hydrogen-bond donors (Lipinski definition) is 0. The first-order valence-electron chi connectivity index (χ1n) is 46.6. The lowest BCUT2D eigenvalue weighted by atomic mass is 9.79. The van der Waals surface area contributed by atoms with Crippen LogP contribution < -0.4 is 0 Å². The Hall–Kier alpha value is -17.6. The van der Waals surface area contributed by atoms with E-state index in [4.69, 9.17) is 39.3 Å². The molecule has 137 heavy (non-hydrogen) atoms. The van der Waals surface area contributed by atoms with Gasteiger partial charge in [-0.3, -0.25) is 0 Å². The van der Waals surface area contributed by atoms with Gasteiger partial charge in [-0.2, -0.15) is 0 Å². The van der Waals surface area contributed by atoms with E-state index >= 15 is 0 Å². The maximum absolute atomic E-state index is 6.44. The van der Waals surface area contributed by atoms with Crippen molar-refractivity contribution in [1.29, 1.82) is 0 Å². The minimum atomic E-state index is -0.106. The van der Waals surface area contributed by atoms with Crippen molar-refractivity contribution in [3.63, 3.8) is 0 Å². The average Bonchev–Trinajstić information content (AvgIpc) is 1.59. The molecule has 0 bridgehead atoms. The molecule has 0 N–H and O–H groups in total. The lowest BCUT2D eigenvalue weighted by Crippen LogP contribution is -2.15. The van der Waals surface area contributed by atoms with Crippen LogP contribution in [0.2, 0.25) is 0 Å². The summed E-state index contributed by atoms with van der Waals surface area (Å²) >= 11 is 1.90. The monoisotopic (exact) mass is 1760 g/mol. The van der Waals surface area contributed by atoms with Crippen molar-refractivity contribution in [3.8, 4) is 101 Å². The van der Waals surface area contributed by atoms with Crippen molar-refractivity contribution in [2.24, 2.45) is 0 Å². The summed E-state index contributed by atoms with van der Waals surface area (Å²) in [6.45, 7) is 4.77. The first-order chi connectivity index (χ1) is 67.7. The van der Waals surface area contributed by atoms with Gasteiger partial charge >= 0.3 is 0 Å². The highest BCUT2D eigenvalue weighted by molar-refractivity contribution is 7.27. The topological polar surface area (TPSA) is 103 Å². The first-order valence-corrected chi connectivity index (χ1v) is 47.5. The summed E-state index contributed by atoms with van der Waals surface area (Å²) in [5, 5.41) is 29.9. The Labute approximate surface area is 791 Å². The molecular weight excluding hydrogens is 1680 g/mol. The van der Waals surface area contributed by atoms with Gasteiger partial charge in [-0.25, -0.2) is 34.9 Å². The van der Waals surface area contributed by atoms with Crippen molar-refractivity contribution < 1.29 is 4.42 Å². The van der Waals surface area contributed by atoms with E-state index < -0.39 is 0 Å². The number of furan rings is 1. The van der Waals surface area contributed by atoms with Crippen molar-refractivity contribution in [2.75, 3.05) is 0 Å². The molecule has 29 rings (SSSR count). The Bertz CT molecular complexity index is 9500. The van der Waals surface area contributed by atoms with E-state index in [2.05, 4.69) is 317 Å². The molecule has 5 aromatic heterocycles. The lowest BCUT2D eigenvalue weighted by Gasteiger charge is -2.24. The second-order valence-electron chi connectivity index (χ2n) is 36.3. The van der Waals surface area contributed by atoms with Crippen LogP contribution in [0.4, 0.5) is 0 Å². The van der Waals surface area contributed by atoms with E-state index in [0.29, 0.717) is 17.5 Å². The highest BCUT2D eigenvalue weighted by Crippen LogP contribution is 2.55. The highest BCUT2D eigenvalue weighted by Gasteiger charge is 2.38. The summed E-state index contributed by atoms with van der Waals surface area (Å²) in [7, 11) is 0. The lowest BCUT2D eigenvalue weighted by molar-refractivity contribution is 0.666. The third kappa shape index (κ3) is 13.0. The van der Waals surface area contributed by atoms with E-state index in [1.54, 1.807) is 0 Å². The van der Waals surface area contributed by atoms with Crippen molar-refractivity contribution in [2.45, 2.75) is 19.3 Å². The van der Waals surface area contributed by atoms with Gasteiger partial charge in [0.25, 0.3) is 0 Å². The number of benzene rings is 23. The van der Waals surface area contributed by atoms with Crippen LogP contribution in [0.3, 0.4) is 0 Å². The zero-order valence-electron chi connectivity index (χ0n) is 74.6. The number of aromatic nitrogens is 7. The SMILES string of the molecule is CC1(C)c2ccccc2-c2ccc3ccc4ccc5cc(-c6ccc(-c7nc(-c8ccccc8)nc(-c8ccccc8)n7)c7ccccc67)ccc5c4c3c21.c1ccc(-c2nc3ccccc3nc2-c2ccc3c(ccc4c3c3ccccc3c3oc5ccccc5c43)c2)cc1.c1ccc(-c2nc3ccccc3nc2-c2ccc3c(ccc4c3c3ccccc3c3sc5ccccc5c43)c2)cc1. The molecule has 0 aliphatic heterocycles. The molecular formula is C128H79N7OS. The standard InChI is InChI=1S/C52H35N3.C38H22N2O.C38H22N2S/c1-52(2)45-20-12-11-19-42(45)43-28-25-33-22-21-32-23-24-37-31-36(26-27-39(37)46(32)47(33)48(43)52)38-29-30-44(41-18-10-9-17-40(38)41)51-54-49(34-13-5-3-6-14-34)53-50(55-51)35-15-7-4-8-16-35;2*1-2-10-23(11-3-1)36-37(40-32-16-8-7-15-31(32)39-36)25-19-20-26-24(22-25)18-21-30-34(26)27-12-4-5-13-28(27)38-35(30)29-14-6-9-17-33(29)41-38/h3-31H,1-2H3;2*1-22H. The van der Waals surface area contributed by atoms with E-state index in [-0.39, 0.29) is 5.41 Å². The largest absolute Gasteiger partial charge is 0.455 e. The van der Waals surface area contributed by atoms with Gasteiger partial charge in [0.05, 0.1) is 44.8 Å². The smallest absolute Gasteiger partial charge is 0.164 e. The van der Waals surface area contributed by atoms with E-state index in [0.717, 1.165) is 116 Å². The van der Waals surface area contributed by atoms with Gasteiger partial charge in [-0.15, -0.1) is 11.3 Å². The van der Waals surface area contributed by atoms with Gasteiger partial charge in [0.15, 0.2) is 17.5 Å². The molecule has 0 saturated heterocycles. The molecule has 23 aromatic carbocycles. The molecule has 0 amide bonds. The quantitative estimate of drug-likeness (QED) is 0.139. The minimum Gasteiger partial charge on any atom is -0.455 e. The van der Waals surface area contributed by atoms with Crippen LogP contribution >= 0.6 is 11.3 Å². The molecule has 0 unspecified atom stereocenters. The number of hydrogen-bond acceptors (Lipinski definition) is 9. The summed E-state index contributed by atoms with van der Waals surface area (Å²) in [5.41, 5.74) is 24.0. The van der Waals surface area contributed by atoms with Gasteiger partial charge in [0.1, 0.15) is 11.2 Å². The molecule has 9 heteroatoms. The van der Waals surface area contributed by atoms with Gasteiger partial charge in [0.2, 0.25) is 0 Å². The normalized spacial score (nSPS) is 12.4. The van der Waals surface area contributed by atoms with E-state index in [9.17, 15) is 0 Å². The van der Waals surface area contributed by atoms with Crippen molar-refractivity contribution in [3.05, 3.63) is 454 Å². The zero-order chi connectivity index (χ0) is 90.5. The zero-order valence-corrected chi connectivity index (χ0v) is 75.4. The highest BCUT2D eigenvalue weighted by atomic mass is 32.1. The molecule has 1 aliphatic carbocycles. The fraction of sp³-hybridized carbons (Fsp3) is 0.0234. The Morgan fingerprint density at radius 3 is 1.17 bits per heavy atom. The number of thiophene rings is 1. The summed E-state index contributed by atoms with van der Waals surface area (Å²) in [4.78, 5) is 35.5. The van der Waals surface area contributed by atoms with E-state index in [1.165, 1.54) is 151 Å². The molecule has 1 aliphatic rings. The molecule has 8 nitrogen and oxygen atoms in total. The van der Waals surface area contributed by atoms with Gasteiger partial charge in [-0.1, -0.05) is 396 Å². The molecule has 0 atom stereocenters. The Kier molecular flexibility index (Phi) is 18.4. The first kappa shape index (κ1) is 79.1.